The molecule has 0 aliphatic carbocycles. The van der Waals surface area contributed by atoms with Crippen molar-refractivity contribution in [3.63, 3.8) is 0 Å². The second-order valence-corrected chi connectivity index (χ2v) is 3.64. The Morgan fingerprint density at radius 1 is 1.40 bits per heavy atom. The van der Waals surface area contributed by atoms with Crippen LogP contribution in [0.5, 0.6) is 0 Å². The average molecular weight is 201 g/mol. The van der Waals surface area contributed by atoms with E-state index in [1.807, 2.05) is 6.07 Å². The highest BCUT2D eigenvalue weighted by molar-refractivity contribution is 5.62. The van der Waals surface area contributed by atoms with E-state index in [9.17, 15) is 0 Å². The van der Waals surface area contributed by atoms with E-state index >= 15 is 0 Å². The molecule has 0 spiro atoms. The van der Waals surface area contributed by atoms with Crippen molar-refractivity contribution in [1.29, 1.82) is 0 Å². The van der Waals surface area contributed by atoms with E-state index in [4.69, 9.17) is 5.73 Å². The van der Waals surface area contributed by atoms with Crippen molar-refractivity contribution in [2.45, 2.75) is 13.3 Å². The van der Waals surface area contributed by atoms with Gasteiger partial charge in [-0.25, -0.2) is 4.98 Å². The van der Waals surface area contributed by atoms with E-state index in [1.165, 1.54) is 5.56 Å². The summed E-state index contributed by atoms with van der Waals surface area (Å²) in [6, 6.07) is 8.34. The van der Waals surface area contributed by atoms with Crippen LogP contribution >= 0.6 is 0 Å². The Balaban J connectivity index is 2.40. The molecule has 0 radical (unpaired) electrons. The van der Waals surface area contributed by atoms with Crippen molar-refractivity contribution in [3.8, 4) is 11.3 Å². The molecule has 0 aliphatic rings. The predicted molar refractivity (Wildman–Crippen MR) is 61.5 cm³/mol. The van der Waals surface area contributed by atoms with Crippen LogP contribution < -0.4 is 5.73 Å². The monoisotopic (exact) mass is 201 g/mol. The van der Waals surface area contributed by atoms with E-state index in [2.05, 4.69) is 35.1 Å². The molecule has 0 bridgehead atoms. The number of hydrogen-bond acceptors (Lipinski definition) is 2. The third-order valence-electron chi connectivity index (χ3n) is 2.40. The smallest absolute Gasteiger partial charge is 0.0929 e. The number of benzene rings is 1. The first-order valence-electron chi connectivity index (χ1n) is 5.10. The first-order chi connectivity index (χ1) is 7.31. The minimum Gasteiger partial charge on any atom is -0.348 e. The molecule has 3 N–H and O–H groups in total. The van der Waals surface area contributed by atoms with Gasteiger partial charge in [-0.1, -0.05) is 23.8 Å². The maximum absolute atomic E-state index is 5.55. The first kappa shape index (κ1) is 9.93. The van der Waals surface area contributed by atoms with Gasteiger partial charge in [0.1, 0.15) is 0 Å². The summed E-state index contributed by atoms with van der Waals surface area (Å²) in [6.07, 6.45) is 2.56. The molecule has 1 aromatic carbocycles. The number of H-pyrrole nitrogens is 1. The van der Waals surface area contributed by atoms with E-state index in [0.717, 1.165) is 23.4 Å². The Hall–Kier alpha value is -1.61. The fraction of sp³-hybridized carbons (Fsp3) is 0.250. The molecular formula is C12H15N3. The third kappa shape index (κ3) is 2.07. The summed E-state index contributed by atoms with van der Waals surface area (Å²) in [6.45, 7) is 2.72. The first-order valence-corrected chi connectivity index (χ1v) is 5.10. The maximum atomic E-state index is 5.55. The lowest BCUT2D eigenvalue weighted by molar-refractivity contribution is 0.937. The molecule has 1 aromatic heterocycles. The molecule has 0 amide bonds. The van der Waals surface area contributed by atoms with Crippen LogP contribution in [0.3, 0.4) is 0 Å². The number of hydrogen-bond donors (Lipinski definition) is 2. The lowest BCUT2D eigenvalue weighted by Gasteiger charge is -2.02. The molecule has 0 unspecified atom stereocenters. The SMILES string of the molecule is Cc1cccc(-c2nc[nH]c2CCN)c1. The van der Waals surface area contributed by atoms with Crippen molar-refractivity contribution < 1.29 is 0 Å². The van der Waals surface area contributed by atoms with Gasteiger partial charge in [0.2, 0.25) is 0 Å². The number of aromatic amines is 1. The van der Waals surface area contributed by atoms with Crippen LogP contribution in [-0.4, -0.2) is 16.5 Å². The summed E-state index contributed by atoms with van der Waals surface area (Å²) < 4.78 is 0. The highest BCUT2D eigenvalue weighted by Crippen LogP contribution is 2.21. The molecule has 0 atom stereocenters. The standard InChI is InChI=1S/C12H15N3/c1-9-3-2-4-10(7-9)12-11(5-6-13)14-8-15-12/h2-4,7-8H,5-6,13H2,1H3,(H,14,15). The van der Waals surface area contributed by atoms with Gasteiger partial charge in [0.25, 0.3) is 0 Å². The maximum Gasteiger partial charge on any atom is 0.0929 e. The van der Waals surface area contributed by atoms with Crippen molar-refractivity contribution in [3.05, 3.63) is 41.9 Å². The van der Waals surface area contributed by atoms with Gasteiger partial charge in [-0.2, -0.15) is 0 Å². The third-order valence-corrected chi connectivity index (χ3v) is 2.40. The molecular weight excluding hydrogens is 186 g/mol. The molecule has 0 saturated heterocycles. The van der Waals surface area contributed by atoms with Crippen LogP contribution in [0.2, 0.25) is 0 Å². The molecule has 0 aliphatic heterocycles. The Labute approximate surface area is 89.4 Å². The van der Waals surface area contributed by atoms with Gasteiger partial charge in [-0.05, 0) is 19.5 Å². The zero-order valence-electron chi connectivity index (χ0n) is 8.83. The van der Waals surface area contributed by atoms with Gasteiger partial charge in [-0.15, -0.1) is 0 Å². The molecule has 3 nitrogen and oxygen atoms in total. The molecule has 3 heteroatoms. The van der Waals surface area contributed by atoms with Gasteiger partial charge in [0.15, 0.2) is 0 Å². The molecule has 0 saturated carbocycles. The lowest BCUT2D eigenvalue weighted by atomic mass is 10.1. The molecule has 2 rings (SSSR count). The highest BCUT2D eigenvalue weighted by Gasteiger charge is 2.06. The molecule has 0 fully saturated rings. The number of aryl methyl sites for hydroxylation is 1. The lowest BCUT2D eigenvalue weighted by Crippen LogP contribution is -2.04. The van der Waals surface area contributed by atoms with Crippen LogP contribution in [0.25, 0.3) is 11.3 Å². The summed E-state index contributed by atoms with van der Waals surface area (Å²) in [5.74, 6) is 0. The zero-order chi connectivity index (χ0) is 10.7. The summed E-state index contributed by atoms with van der Waals surface area (Å²) >= 11 is 0. The predicted octanol–water partition coefficient (Wildman–Crippen LogP) is 1.89. The fourth-order valence-corrected chi connectivity index (χ4v) is 1.70. The summed E-state index contributed by atoms with van der Waals surface area (Å²) in [7, 11) is 0. The van der Waals surface area contributed by atoms with Crippen molar-refractivity contribution in [1.82, 2.24) is 9.97 Å². The van der Waals surface area contributed by atoms with Gasteiger partial charge in [0, 0.05) is 17.7 Å². The van der Waals surface area contributed by atoms with Crippen molar-refractivity contribution >= 4 is 0 Å². The number of nitrogens with one attached hydrogen (secondary N) is 1. The van der Waals surface area contributed by atoms with Crippen LogP contribution in [0.4, 0.5) is 0 Å². The van der Waals surface area contributed by atoms with Crippen LogP contribution in [0, 0.1) is 6.92 Å². The molecule has 1 heterocycles. The fourth-order valence-electron chi connectivity index (χ4n) is 1.70. The minimum absolute atomic E-state index is 0.640. The van der Waals surface area contributed by atoms with Crippen molar-refractivity contribution in [2.24, 2.45) is 5.73 Å². The summed E-state index contributed by atoms with van der Waals surface area (Å²) in [4.78, 5) is 7.47. The summed E-state index contributed by atoms with van der Waals surface area (Å²) in [5, 5.41) is 0. The summed E-state index contributed by atoms with van der Waals surface area (Å²) in [5.41, 5.74) is 10.1. The van der Waals surface area contributed by atoms with Crippen LogP contribution in [0.15, 0.2) is 30.6 Å². The Morgan fingerprint density at radius 3 is 3.00 bits per heavy atom. The normalized spacial score (nSPS) is 10.5. The van der Waals surface area contributed by atoms with Gasteiger partial charge in [-0.3, -0.25) is 0 Å². The van der Waals surface area contributed by atoms with Gasteiger partial charge in [0.05, 0.1) is 12.0 Å². The highest BCUT2D eigenvalue weighted by atomic mass is 14.9. The number of imidazole rings is 1. The number of nitrogens with two attached hydrogens (primary N) is 1. The molecule has 15 heavy (non-hydrogen) atoms. The topological polar surface area (TPSA) is 54.7 Å². The van der Waals surface area contributed by atoms with Gasteiger partial charge >= 0.3 is 0 Å². The Bertz CT molecular complexity index is 446. The number of rotatable bonds is 3. The largest absolute Gasteiger partial charge is 0.348 e. The van der Waals surface area contributed by atoms with E-state index in [0.29, 0.717) is 6.54 Å². The minimum atomic E-state index is 0.640. The second kappa shape index (κ2) is 4.28. The van der Waals surface area contributed by atoms with Crippen LogP contribution in [-0.2, 0) is 6.42 Å². The van der Waals surface area contributed by atoms with Gasteiger partial charge < -0.3 is 10.7 Å². The average Bonchev–Trinajstić information content (AvgIpc) is 2.66. The van der Waals surface area contributed by atoms with Crippen molar-refractivity contribution in [2.75, 3.05) is 6.54 Å². The molecule has 78 valence electrons. The van der Waals surface area contributed by atoms with Crippen LogP contribution in [0.1, 0.15) is 11.3 Å². The van der Waals surface area contributed by atoms with E-state index in [-0.39, 0.29) is 0 Å². The van der Waals surface area contributed by atoms with E-state index in [1.54, 1.807) is 6.33 Å². The Kier molecular flexibility index (Phi) is 2.83. The van der Waals surface area contributed by atoms with E-state index < -0.39 is 0 Å². The number of aromatic nitrogens is 2. The second-order valence-electron chi connectivity index (χ2n) is 3.64. The number of nitrogens with zero attached hydrogens (tertiary/aromatic N) is 1. The quantitative estimate of drug-likeness (QED) is 0.796. The Morgan fingerprint density at radius 2 is 2.27 bits per heavy atom. The zero-order valence-corrected chi connectivity index (χ0v) is 8.83. The molecule has 2 aromatic rings.